The fourth-order valence-corrected chi connectivity index (χ4v) is 2.40. The summed E-state index contributed by atoms with van der Waals surface area (Å²) in [6.45, 7) is 0.954. The minimum absolute atomic E-state index is 0.0849. The van der Waals surface area contributed by atoms with Crippen molar-refractivity contribution < 1.29 is 4.79 Å². The first-order valence-electron chi connectivity index (χ1n) is 6.90. The molecule has 0 atom stereocenters. The third-order valence-corrected chi connectivity index (χ3v) is 3.59. The Bertz CT molecular complexity index is 776. The van der Waals surface area contributed by atoms with Gasteiger partial charge in [0.15, 0.2) is 0 Å². The lowest BCUT2D eigenvalue weighted by atomic mass is 10.1. The molecule has 0 radical (unpaired) electrons. The van der Waals surface area contributed by atoms with Gasteiger partial charge in [0.05, 0.1) is 0 Å². The van der Waals surface area contributed by atoms with Gasteiger partial charge in [-0.3, -0.25) is 4.79 Å². The van der Waals surface area contributed by atoms with E-state index in [0.717, 1.165) is 22.0 Å². The van der Waals surface area contributed by atoms with Crippen molar-refractivity contribution in [3.63, 3.8) is 0 Å². The Morgan fingerprint density at radius 3 is 2.71 bits per heavy atom. The van der Waals surface area contributed by atoms with Gasteiger partial charge in [0.2, 0.25) is 0 Å². The minimum Gasteiger partial charge on any atom is -0.361 e. The number of rotatable bonds is 4. The van der Waals surface area contributed by atoms with Gasteiger partial charge in [0.25, 0.3) is 5.91 Å². The number of carbonyl (C=O) groups excluding carboxylic acids is 1. The number of amides is 1. The van der Waals surface area contributed by atoms with Crippen molar-refractivity contribution in [2.24, 2.45) is 5.73 Å². The molecule has 4 N–H and O–H groups in total. The van der Waals surface area contributed by atoms with Crippen LogP contribution in [0.1, 0.15) is 21.5 Å². The van der Waals surface area contributed by atoms with E-state index in [1.165, 1.54) is 0 Å². The first-order valence-corrected chi connectivity index (χ1v) is 6.90. The largest absolute Gasteiger partial charge is 0.361 e. The van der Waals surface area contributed by atoms with Gasteiger partial charge in [-0.25, -0.2) is 0 Å². The minimum atomic E-state index is -0.0849. The number of H-pyrrole nitrogens is 1. The Balaban J connectivity index is 1.74. The normalized spacial score (nSPS) is 10.7. The van der Waals surface area contributed by atoms with Crippen LogP contribution in [0.2, 0.25) is 0 Å². The monoisotopic (exact) mass is 279 g/mol. The molecule has 0 spiro atoms. The van der Waals surface area contributed by atoms with Crippen molar-refractivity contribution in [1.82, 2.24) is 10.3 Å². The highest BCUT2D eigenvalue weighted by molar-refractivity contribution is 5.97. The van der Waals surface area contributed by atoms with Crippen LogP contribution in [0.4, 0.5) is 0 Å². The van der Waals surface area contributed by atoms with Crippen molar-refractivity contribution in [1.29, 1.82) is 0 Å². The maximum Gasteiger partial charge on any atom is 0.251 e. The van der Waals surface area contributed by atoms with Crippen LogP contribution in [0.3, 0.4) is 0 Å². The van der Waals surface area contributed by atoms with E-state index >= 15 is 0 Å². The third kappa shape index (κ3) is 2.80. The molecule has 2 aromatic carbocycles. The van der Waals surface area contributed by atoms with E-state index < -0.39 is 0 Å². The third-order valence-electron chi connectivity index (χ3n) is 3.59. The first-order chi connectivity index (χ1) is 10.3. The highest BCUT2D eigenvalue weighted by atomic mass is 16.1. The van der Waals surface area contributed by atoms with Gasteiger partial charge in [-0.15, -0.1) is 0 Å². The first kappa shape index (κ1) is 13.4. The van der Waals surface area contributed by atoms with Gasteiger partial charge in [0, 0.05) is 30.4 Å². The fraction of sp³-hybridized carbons (Fsp3) is 0.118. The Kier molecular flexibility index (Phi) is 3.71. The van der Waals surface area contributed by atoms with Gasteiger partial charge < -0.3 is 16.0 Å². The van der Waals surface area contributed by atoms with E-state index in [-0.39, 0.29) is 5.91 Å². The van der Waals surface area contributed by atoms with E-state index in [9.17, 15) is 4.79 Å². The summed E-state index contributed by atoms with van der Waals surface area (Å²) < 4.78 is 0. The van der Waals surface area contributed by atoms with Crippen molar-refractivity contribution in [2.75, 3.05) is 0 Å². The van der Waals surface area contributed by atoms with Gasteiger partial charge in [-0.2, -0.15) is 0 Å². The molecule has 4 nitrogen and oxygen atoms in total. The van der Waals surface area contributed by atoms with E-state index in [1.54, 1.807) is 0 Å². The number of carbonyl (C=O) groups is 1. The summed E-state index contributed by atoms with van der Waals surface area (Å²) in [5.41, 5.74) is 9.42. The predicted octanol–water partition coefficient (Wildman–Crippen LogP) is 2.56. The highest BCUT2D eigenvalue weighted by Crippen LogP contribution is 2.14. The van der Waals surface area contributed by atoms with Crippen LogP contribution in [0.5, 0.6) is 0 Å². The molecule has 0 aliphatic carbocycles. The SMILES string of the molecule is NCc1ccccc1CNC(=O)c1ccc2cc[nH]c2c1. The fourth-order valence-electron chi connectivity index (χ4n) is 2.40. The van der Waals surface area contributed by atoms with Crippen LogP contribution in [0.25, 0.3) is 10.9 Å². The number of benzene rings is 2. The van der Waals surface area contributed by atoms with Crippen LogP contribution in [-0.2, 0) is 13.1 Å². The summed E-state index contributed by atoms with van der Waals surface area (Å²) in [5, 5.41) is 4.04. The number of nitrogens with two attached hydrogens (primary N) is 1. The molecule has 1 aromatic heterocycles. The number of hydrogen-bond donors (Lipinski definition) is 3. The second kappa shape index (κ2) is 5.81. The summed E-state index contributed by atoms with van der Waals surface area (Å²) in [4.78, 5) is 15.3. The Labute approximate surface area is 123 Å². The molecule has 0 aliphatic heterocycles. The molecule has 3 rings (SSSR count). The maximum atomic E-state index is 12.2. The van der Waals surface area contributed by atoms with Crippen molar-refractivity contribution in [3.05, 3.63) is 71.4 Å². The number of hydrogen-bond acceptors (Lipinski definition) is 2. The van der Waals surface area contributed by atoms with Crippen molar-refractivity contribution >= 4 is 16.8 Å². The predicted molar refractivity (Wildman–Crippen MR) is 83.8 cm³/mol. The quantitative estimate of drug-likeness (QED) is 0.687. The van der Waals surface area contributed by atoms with Crippen LogP contribution < -0.4 is 11.1 Å². The second-order valence-corrected chi connectivity index (χ2v) is 4.94. The van der Waals surface area contributed by atoms with Crippen LogP contribution >= 0.6 is 0 Å². The van der Waals surface area contributed by atoms with Gasteiger partial charge >= 0.3 is 0 Å². The van der Waals surface area contributed by atoms with Crippen LogP contribution in [-0.4, -0.2) is 10.9 Å². The summed E-state index contributed by atoms with van der Waals surface area (Å²) >= 11 is 0. The van der Waals surface area contributed by atoms with E-state index in [2.05, 4.69) is 10.3 Å². The standard InChI is InChI=1S/C17H17N3O/c18-10-14-3-1-2-4-15(14)11-20-17(21)13-6-5-12-7-8-19-16(12)9-13/h1-9,19H,10-11,18H2,(H,20,21). The molecule has 1 amide bonds. The lowest BCUT2D eigenvalue weighted by molar-refractivity contribution is 0.0951. The molecule has 0 saturated heterocycles. The smallest absolute Gasteiger partial charge is 0.251 e. The zero-order valence-corrected chi connectivity index (χ0v) is 11.6. The second-order valence-electron chi connectivity index (χ2n) is 4.94. The van der Waals surface area contributed by atoms with E-state index in [4.69, 9.17) is 5.73 Å². The lowest BCUT2D eigenvalue weighted by Gasteiger charge is -2.09. The van der Waals surface area contributed by atoms with E-state index in [0.29, 0.717) is 18.7 Å². The average molecular weight is 279 g/mol. The summed E-state index contributed by atoms with van der Waals surface area (Å²) in [6.07, 6.45) is 1.86. The molecule has 0 aliphatic rings. The molecule has 0 saturated carbocycles. The Morgan fingerprint density at radius 1 is 1.10 bits per heavy atom. The van der Waals surface area contributed by atoms with Gasteiger partial charge in [-0.05, 0) is 34.7 Å². The van der Waals surface area contributed by atoms with Crippen LogP contribution in [0, 0.1) is 0 Å². The molecule has 3 aromatic rings. The molecule has 0 unspecified atom stereocenters. The molecular formula is C17H17N3O. The number of aromatic nitrogens is 1. The zero-order valence-electron chi connectivity index (χ0n) is 11.6. The number of fused-ring (bicyclic) bond motifs is 1. The Morgan fingerprint density at radius 2 is 1.90 bits per heavy atom. The van der Waals surface area contributed by atoms with Crippen molar-refractivity contribution in [3.8, 4) is 0 Å². The molecule has 21 heavy (non-hydrogen) atoms. The topological polar surface area (TPSA) is 70.9 Å². The van der Waals surface area contributed by atoms with Gasteiger partial charge in [0.1, 0.15) is 0 Å². The van der Waals surface area contributed by atoms with E-state index in [1.807, 2.05) is 54.7 Å². The molecule has 1 heterocycles. The summed E-state index contributed by atoms with van der Waals surface area (Å²) in [7, 11) is 0. The number of aromatic amines is 1. The maximum absolute atomic E-state index is 12.2. The molecular weight excluding hydrogens is 262 g/mol. The molecule has 4 heteroatoms. The van der Waals surface area contributed by atoms with Gasteiger partial charge in [-0.1, -0.05) is 30.3 Å². The molecule has 106 valence electrons. The zero-order chi connectivity index (χ0) is 14.7. The van der Waals surface area contributed by atoms with Crippen LogP contribution in [0.15, 0.2) is 54.7 Å². The molecule has 0 fully saturated rings. The average Bonchev–Trinajstić information content (AvgIpc) is 3.00. The summed E-state index contributed by atoms with van der Waals surface area (Å²) in [5.74, 6) is -0.0849. The van der Waals surface area contributed by atoms with Crippen molar-refractivity contribution in [2.45, 2.75) is 13.1 Å². The number of nitrogens with one attached hydrogen (secondary N) is 2. The summed E-state index contributed by atoms with van der Waals surface area (Å²) in [6, 6.07) is 15.5. The molecule has 0 bridgehead atoms. The lowest BCUT2D eigenvalue weighted by Crippen LogP contribution is -2.23. The highest BCUT2D eigenvalue weighted by Gasteiger charge is 2.07. The Hall–Kier alpha value is -2.59.